The van der Waals surface area contributed by atoms with Crippen LogP contribution in [0.15, 0.2) is 18.2 Å². The fourth-order valence-corrected chi connectivity index (χ4v) is 1.98. The predicted molar refractivity (Wildman–Crippen MR) is 77.8 cm³/mol. The molecule has 0 radical (unpaired) electrons. The van der Waals surface area contributed by atoms with Gasteiger partial charge in [0.1, 0.15) is 0 Å². The molecule has 1 fully saturated rings. The van der Waals surface area contributed by atoms with Gasteiger partial charge in [0, 0.05) is 19.0 Å². The van der Waals surface area contributed by atoms with Crippen LogP contribution >= 0.6 is 0 Å². The van der Waals surface area contributed by atoms with Gasteiger partial charge in [-0.1, -0.05) is 6.07 Å². The van der Waals surface area contributed by atoms with Crippen LogP contribution in [0.5, 0.6) is 11.5 Å². The number of rotatable bonds is 9. The van der Waals surface area contributed by atoms with Crippen LogP contribution in [0.25, 0.3) is 0 Å². The highest BCUT2D eigenvalue weighted by molar-refractivity contribution is 5.43. The summed E-state index contributed by atoms with van der Waals surface area (Å²) in [5, 5.41) is 12.0. The average Bonchev–Trinajstić information content (AvgIpc) is 3.29. The van der Waals surface area contributed by atoms with E-state index in [0.29, 0.717) is 19.1 Å². The summed E-state index contributed by atoms with van der Waals surface area (Å²) in [4.78, 5) is 0. The number of nitrogens with one attached hydrogen (secondary N) is 1. The maximum atomic E-state index is 8.49. The molecule has 108 valence electrons. The van der Waals surface area contributed by atoms with Gasteiger partial charge in [0.25, 0.3) is 0 Å². The first kappa shape index (κ1) is 14.7. The molecule has 2 rings (SSSR count). The minimum absolute atomic E-state index is 0.589. The molecule has 4 nitrogen and oxygen atoms in total. The van der Waals surface area contributed by atoms with Crippen LogP contribution in [-0.2, 0) is 6.54 Å². The number of hydrogen-bond acceptors (Lipinski definition) is 4. The second-order valence-corrected chi connectivity index (χ2v) is 5.10. The Morgan fingerprint density at radius 2 is 2.15 bits per heavy atom. The summed E-state index contributed by atoms with van der Waals surface area (Å²) in [7, 11) is 1.65. The van der Waals surface area contributed by atoms with Crippen LogP contribution in [-0.4, -0.2) is 19.8 Å². The van der Waals surface area contributed by atoms with Crippen molar-refractivity contribution in [2.75, 3.05) is 13.7 Å². The maximum absolute atomic E-state index is 8.49. The molecule has 0 saturated heterocycles. The van der Waals surface area contributed by atoms with Crippen LogP contribution in [0.2, 0.25) is 0 Å². The standard InChI is InChI=1S/C16H22N2O2/c1-19-15-8-5-13(12-18-14-6-7-14)11-16(15)20-10-4-2-3-9-17/h5,8,11,14,18H,2-4,6-7,10,12H2,1H3. The Labute approximate surface area is 120 Å². The van der Waals surface area contributed by atoms with E-state index in [1.807, 2.05) is 12.1 Å². The van der Waals surface area contributed by atoms with E-state index in [4.69, 9.17) is 14.7 Å². The Bertz CT molecular complexity index is 464. The number of ether oxygens (including phenoxy) is 2. The van der Waals surface area contributed by atoms with Crippen molar-refractivity contribution in [2.45, 2.75) is 44.7 Å². The molecule has 0 atom stereocenters. The van der Waals surface area contributed by atoms with Crippen molar-refractivity contribution in [3.8, 4) is 17.6 Å². The Morgan fingerprint density at radius 1 is 1.30 bits per heavy atom. The van der Waals surface area contributed by atoms with E-state index in [9.17, 15) is 0 Å². The van der Waals surface area contributed by atoms with Gasteiger partial charge in [-0.2, -0.15) is 5.26 Å². The molecule has 0 aromatic heterocycles. The van der Waals surface area contributed by atoms with Crippen molar-refractivity contribution >= 4 is 0 Å². The molecular formula is C16H22N2O2. The van der Waals surface area contributed by atoms with E-state index in [2.05, 4.69) is 17.5 Å². The van der Waals surface area contributed by atoms with Crippen LogP contribution in [0.1, 0.15) is 37.7 Å². The molecule has 0 unspecified atom stereocenters. The summed E-state index contributed by atoms with van der Waals surface area (Å²) < 4.78 is 11.1. The van der Waals surface area contributed by atoms with Crippen molar-refractivity contribution in [2.24, 2.45) is 0 Å². The van der Waals surface area contributed by atoms with Gasteiger partial charge in [0.15, 0.2) is 11.5 Å². The molecule has 1 saturated carbocycles. The van der Waals surface area contributed by atoms with Crippen molar-refractivity contribution in [1.29, 1.82) is 5.26 Å². The van der Waals surface area contributed by atoms with Gasteiger partial charge in [0.05, 0.1) is 19.8 Å². The predicted octanol–water partition coefficient (Wildman–Crippen LogP) is 3.02. The monoisotopic (exact) mass is 274 g/mol. The first-order valence-corrected chi connectivity index (χ1v) is 7.23. The molecule has 1 aromatic carbocycles. The van der Waals surface area contributed by atoms with Crippen molar-refractivity contribution < 1.29 is 9.47 Å². The Kier molecular flexibility index (Phi) is 5.69. The second-order valence-electron chi connectivity index (χ2n) is 5.10. The summed E-state index contributed by atoms with van der Waals surface area (Å²) in [5.41, 5.74) is 1.21. The Hall–Kier alpha value is -1.73. The zero-order valence-electron chi connectivity index (χ0n) is 12.0. The van der Waals surface area contributed by atoms with Gasteiger partial charge >= 0.3 is 0 Å². The number of nitriles is 1. The zero-order chi connectivity index (χ0) is 14.2. The zero-order valence-corrected chi connectivity index (χ0v) is 12.0. The topological polar surface area (TPSA) is 54.3 Å². The lowest BCUT2D eigenvalue weighted by Crippen LogP contribution is -2.15. The number of methoxy groups -OCH3 is 1. The van der Waals surface area contributed by atoms with E-state index in [0.717, 1.165) is 30.9 Å². The third kappa shape index (κ3) is 4.75. The molecule has 0 spiro atoms. The highest BCUT2D eigenvalue weighted by atomic mass is 16.5. The number of benzene rings is 1. The van der Waals surface area contributed by atoms with Gasteiger partial charge in [0.2, 0.25) is 0 Å². The molecule has 1 aliphatic rings. The van der Waals surface area contributed by atoms with Gasteiger partial charge in [-0.3, -0.25) is 0 Å². The lowest BCUT2D eigenvalue weighted by molar-refractivity contribution is 0.286. The summed E-state index contributed by atoms with van der Waals surface area (Å²) in [5.74, 6) is 1.56. The third-order valence-corrected chi connectivity index (χ3v) is 3.34. The maximum Gasteiger partial charge on any atom is 0.161 e. The Morgan fingerprint density at radius 3 is 2.85 bits per heavy atom. The minimum Gasteiger partial charge on any atom is -0.493 e. The summed E-state index contributed by atoms with van der Waals surface area (Å²) >= 11 is 0. The quantitative estimate of drug-likeness (QED) is 0.703. The average molecular weight is 274 g/mol. The fourth-order valence-electron chi connectivity index (χ4n) is 1.98. The van der Waals surface area contributed by atoms with Crippen LogP contribution < -0.4 is 14.8 Å². The molecule has 0 amide bonds. The highest BCUT2D eigenvalue weighted by Crippen LogP contribution is 2.29. The van der Waals surface area contributed by atoms with Crippen LogP contribution in [0.4, 0.5) is 0 Å². The molecule has 4 heteroatoms. The van der Waals surface area contributed by atoms with Crippen molar-refractivity contribution in [3.05, 3.63) is 23.8 Å². The normalized spacial score (nSPS) is 13.8. The molecule has 0 aliphatic heterocycles. The first-order valence-electron chi connectivity index (χ1n) is 7.23. The van der Waals surface area contributed by atoms with Crippen molar-refractivity contribution in [1.82, 2.24) is 5.32 Å². The summed E-state index contributed by atoms with van der Waals surface area (Å²) in [6.45, 7) is 1.50. The fraction of sp³-hybridized carbons (Fsp3) is 0.562. The van der Waals surface area contributed by atoms with E-state index < -0.39 is 0 Å². The summed E-state index contributed by atoms with van der Waals surface area (Å²) in [6, 6.07) is 8.90. The third-order valence-electron chi connectivity index (χ3n) is 3.34. The SMILES string of the molecule is COc1ccc(CNC2CC2)cc1OCCCCC#N. The van der Waals surface area contributed by atoms with Crippen LogP contribution in [0.3, 0.4) is 0 Å². The number of nitrogens with zero attached hydrogens (tertiary/aromatic N) is 1. The molecule has 1 aromatic rings. The largest absolute Gasteiger partial charge is 0.493 e. The number of hydrogen-bond donors (Lipinski definition) is 1. The minimum atomic E-state index is 0.589. The van der Waals surface area contributed by atoms with E-state index in [1.165, 1.54) is 18.4 Å². The molecular weight excluding hydrogens is 252 g/mol. The smallest absolute Gasteiger partial charge is 0.161 e. The highest BCUT2D eigenvalue weighted by Gasteiger charge is 2.20. The van der Waals surface area contributed by atoms with Gasteiger partial charge in [-0.15, -0.1) is 0 Å². The molecule has 1 N–H and O–H groups in total. The molecule has 1 aliphatic carbocycles. The van der Waals surface area contributed by atoms with Gasteiger partial charge < -0.3 is 14.8 Å². The van der Waals surface area contributed by atoms with E-state index in [-0.39, 0.29) is 0 Å². The summed E-state index contributed by atoms with van der Waals surface area (Å²) in [6.07, 6.45) is 4.94. The lowest BCUT2D eigenvalue weighted by atomic mass is 10.2. The van der Waals surface area contributed by atoms with Crippen LogP contribution in [0, 0.1) is 11.3 Å². The van der Waals surface area contributed by atoms with Gasteiger partial charge in [-0.25, -0.2) is 0 Å². The molecule has 0 bridgehead atoms. The molecule has 0 heterocycles. The van der Waals surface area contributed by atoms with Gasteiger partial charge in [-0.05, 0) is 43.4 Å². The second kappa shape index (κ2) is 7.76. The number of unbranched alkanes of at least 4 members (excludes halogenated alkanes) is 2. The van der Waals surface area contributed by atoms with Crippen molar-refractivity contribution in [3.63, 3.8) is 0 Å². The lowest BCUT2D eigenvalue weighted by Gasteiger charge is -2.12. The Balaban J connectivity index is 1.86. The van der Waals surface area contributed by atoms with E-state index >= 15 is 0 Å². The first-order chi connectivity index (χ1) is 9.83. The van der Waals surface area contributed by atoms with E-state index in [1.54, 1.807) is 7.11 Å². The molecule has 20 heavy (non-hydrogen) atoms.